The molecule has 1 aromatic carbocycles. The molecule has 4 nitrogen and oxygen atoms in total. The number of imidazole rings is 2. The van der Waals surface area contributed by atoms with Crippen LogP contribution >= 0.6 is 0 Å². The zero-order chi connectivity index (χ0) is 13.9. The predicted octanol–water partition coefficient (Wildman–Crippen LogP) is 2.97. The normalized spacial score (nSPS) is 11.3. The van der Waals surface area contributed by atoms with Crippen LogP contribution in [0.15, 0.2) is 36.7 Å². The molecule has 0 bridgehead atoms. The Morgan fingerprint density at radius 1 is 1.10 bits per heavy atom. The van der Waals surface area contributed by atoms with Gasteiger partial charge in [-0.15, -0.1) is 0 Å². The number of fused-ring (bicyclic) bond motifs is 1. The number of benzene rings is 1. The molecule has 3 aromatic rings. The van der Waals surface area contributed by atoms with E-state index >= 15 is 0 Å². The highest BCUT2D eigenvalue weighted by atomic mass is 15.1. The van der Waals surface area contributed by atoms with E-state index in [1.165, 1.54) is 11.3 Å². The van der Waals surface area contributed by atoms with E-state index in [1.54, 1.807) is 0 Å². The number of aryl methyl sites for hydroxylation is 4. The monoisotopic (exact) mass is 268 g/mol. The van der Waals surface area contributed by atoms with Crippen LogP contribution in [0.3, 0.4) is 0 Å². The second-order valence-electron chi connectivity index (χ2n) is 5.12. The molecule has 0 unspecified atom stereocenters. The van der Waals surface area contributed by atoms with Gasteiger partial charge in [-0.1, -0.05) is 19.1 Å². The molecule has 104 valence electrons. The van der Waals surface area contributed by atoms with Crippen molar-refractivity contribution in [2.45, 2.75) is 32.7 Å². The van der Waals surface area contributed by atoms with Gasteiger partial charge in [-0.25, -0.2) is 9.97 Å². The Bertz CT molecular complexity index is 708. The molecule has 0 spiro atoms. The van der Waals surface area contributed by atoms with E-state index in [0.29, 0.717) is 0 Å². The van der Waals surface area contributed by atoms with Gasteiger partial charge in [0.1, 0.15) is 11.6 Å². The van der Waals surface area contributed by atoms with Gasteiger partial charge in [-0.05, 0) is 18.6 Å². The lowest BCUT2D eigenvalue weighted by atomic mass is 10.3. The Hall–Kier alpha value is -2.10. The van der Waals surface area contributed by atoms with E-state index in [-0.39, 0.29) is 0 Å². The van der Waals surface area contributed by atoms with Crippen LogP contribution in [0.25, 0.3) is 11.0 Å². The van der Waals surface area contributed by atoms with E-state index in [2.05, 4.69) is 39.2 Å². The molecule has 0 atom stereocenters. The SMILES string of the molecule is CCCc1nc2ccccc2n1CCc1nccn1C. The maximum Gasteiger partial charge on any atom is 0.110 e. The van der Waals surface area contributed by atoms with Crippen molar-refractivity contribution in [1.29, 1.82) is 0 Å². The smallest absolute Gasteiger partial charge is 0.110 e. The first-order chi connectivity index (χ1) is 9.79. The van der Waals surface area contributed by atoms with Crippen molar-refractivity contribution in [3.8, 4) is 0 Å². The number of para-hydroxylation sites is 2. The third kappa shape index (κ3) is 2.33. The minimum Gasteiger partial charge on any atom is -0.338 e. The van der Waals surface area contributed by atoms with E-state index in [9.17, 15) is 0 Å². The second-order valence-corrected chi connectivity index (χ2v) is 5.12. The van der Waals surface area contributed by atoms with Crippen molar-refractivity contribution < 1.29 is 0 Å². The number of hydrogen-bond donors (Lipinski definition) is 0. The Morgan fingerprint density at radius 3 is 2.70 bits per heavy atom. The molecule has 20 heavy (non-hydrogen) atoms. The summed E-state index contributed by atoms with van der Waals surface area (Å²) < 4.78 is 4.42. The molecule has 0 aliphatic rings. The van der Waals surface area contributed by atoms with E-state index in [0.717, 1.165) is 37.1 Å². The summed E-state index contributed by atoms with van der Waals surface area (Å²) in [6, 6.07) is 8.37. The zero-order valence-electron chi connectivity index (χ0n) is 12.1. The molecular weight excluding hydrogens is 248 g/mol. The fraction of sp³-hybridized carbons (Fsp3) is 0.375. The first-order valence-corrected chi connectivity index (χ1v) is 7.20. The summed E-state index contributed by atoms with van der Waals surface area (Å²) in [6.45, 7) is 3.13. The lowest BCUT2D eigenvalue weighted by Gasteiger charge is -2.08. The van der Waals surface area contributed by atoms with Crippen molar-refractivity contribution in [1.82, 2.24) is 19.1 Å². The maximum atomic E-state index is 4.76. The van der Waals surface area contributed by atoms with Gasteiger partial charge in [0.15, 0.2) is 0 Å². The molecule has 2 aromatic heterocycles. The zero-order valence-corrected chi connectivity index (χ0v) is 12.1. The molecule has 0 aliphatic carbocycles. The molecule has 4 heteroatoms. The van der Waals surface area contributed by atoms with Gasteiger partial charge in [-0.3, -0.25) is 0 Å². The van der Waals surface area contributed by atoms with Gasteiger partial charge in [0, 0.05) is 38.8 Å². The van der Waals surface area contributed by atoms with Crippen molar-refractivity contribution in [3.05, 3.63) is 48.3 Å². The number of hydrogen-bond acceptors (Lipinski definition) is 2. The van der Waals surface area contributed by atoms with Crippen LogP contribution in [0, 0.1) is 0 Å². The largest absolute Gasteiger partial charge is 0.338 e. The number of nitrogens with zero attached hydrogens (tertiary/aromatic N) is 4. The predicted molar refractivity (Wildman–Crippen MR) is 80.6 cm³/mol. The van der Waals surface area contributed by atoms with Crippen LogP contribution in [0.5, 0.6) is 0 Å². The second kappa shape index (κ2) is 5.49. The lowest BCUT2D eigenvalue weighted by molar-refractivity contribution is 0.628. The minimum atomic E-state index is 0.931. The summed E-state index contributed by atoms with van der Waals surface area (Å²) in [5, 5.41) is 0. The molecule has 0 amide bonds. The highest BCUT2D eigenvalue weighted by Crippen LogP contribution is 2.17. The summed E-state index contributed by atoms with van der Waals surface area (Å²) in [5.41, 5.74) is 2.32. The lowest BCUT2D eigenvalue weighted by Crippen LogP contribution is -2.09. The first-order valence-electron chi connectivity index (χ1n) is 7.20. The molecular formula is C16H20N4. The van der Waals surface area contributed by atoms with Crippen LogP contribution in [0.4, 0.5) is 0 Å². The van der Waals surface area contributed by atoms with Crippen LogP contribution in [0.2, 0.25) is 0 Å². The molecule has 0 N–H and O–H groups in total. The summed E-state index contributed by atoms with van der Waals surface area (Å²) in [5.74, 6) is 2.30. The van der Waals surface area contributed by atoms with Gasteiger partial charge in [-0.2, -0.15) is 0 Å². The van der Waals surface area contributed by atoms with Crippen LogP contribution in [-0.4, -0.2) is 19.1 Å². The van der Waals surface area contributed by atoms with Crippen molar-refractivity contribution in [3.63, 3.8) is 0 Å². The third-order valence-electron chi connectivity index (χ3n) is 3.69. The molecule has 0 saturated heterocycles. The van der Waals surface area contributed by atoms with E-state index in [4.69, 9.17) is 4.98 Å². The van der Waals surface area contributed by atoms with Gasteiger partial charge in [0.25, 0.3) is 0 Å². The summed E-state index contributed by atoms with van der Waals surface area (Å²) in [6.07, 6.45) is 6.92. The molecule has 0 saturated carbocycles. The molecule has 2 heterocycles. The fourth-order valence-corrected chi connectivity index (χ4v) is 2.64. The van der Waals surface area contributed by atoms with Crippen LogP contribution < -0.4 is 0 Å². The highest BCUT2D eigenvalue weighted by Gasteiger charge is 2.10. The van der Waals surface area contributed by atoms with Gasteiger partial charge >= 0.3 is 0 Å². The summed E-state index contributed by atoms with van der Waals surface area (Å²) >= 11 is 0. The highest BCUT2D eigenvalue weighted by molar-refractivity contribution is 5.75. The van der Waals surface area contributed by atoms with Crippen molar-refractivity contribution in [2.75, 3.05) is 0 Å². The summed E-state index contributed by atoms with van der Waals surface area (Å²) in [4.78, 5) is 9.16. The average molecular weight is 268 g/mol. The Balaban J connectivity index is 1.92. The maximum absolute atomic E-state index is 4.76. The summed E-state index contributed by atoms with van der Waals surface area (Å²) in [7, 11) is 2.04. The van der Waals surface area contributed by atoms with Gasteiger partial charge in [0.2, 0.25) is 0 Å². The Labute approximate surface area is 119 Å². The number of rotatable bonds is 5. The minimum absolute atomic E-state index is 0.931. The topological polar surface area (TPSA) is 35.6 Å². The molecule has 0 aliphatic heterocycles. The van der Waals surface area contributed by atoms with Crippen molar-refractivity contribution in [2.24, 2.45) is 7.05 Å². The van der Waals surface area contributed by atoms with Crippen LogP contribution in [0.1, 0.15) is 25.0 Å². The number of aromatic nitrogens is 4. The molecule has 3 rings (SSSR count). The van der Waals surface area contributed by atoms with Crippen LogP contribution in [-0.2, 0) is 26.4 Å². The van der Waals surface area contributed by atoms with E-state index < -0.39 is 0 Å². The molecule has 0 radical (unpaired) electrons. The van der Waals surface area contributed by atoms with E-state index in [1.807, 2.05) is 25.5 Å². The van der Waals surface area contributed by atoms with Crippen molar-refractivity contribution >= 4 is 11.0 Å². The molecule has 0 fully saturated rings. The Kier molecular flexibility index (Phi) is 3.54. The average Bonchev–Trinajstić information content (AvgIpc) is 3.01. The van der Waals surface area contributed by atoms with Gasteiger partial charge < -0.3 is 9.13 Å². The Morgan fingerprint density at radius 2 is 1.95 bits per heavy atom. The van der Waals surface area contributed by atoms with Gasteiger partial charge in [0.05, 0.1) is 11.0 Å². The first kappa shape index (κ1) is 12.9. The third-order valence-corrected chi connectivity index (χ3v) is 3.69. The standard InChI is InChI=1S/C16H20N4/c1-3-6-16-18-13-7-4-5-8-14(13)20(16)11-9-15-17-10-12-19(15)2/h4-5,7-8,10,12H,3,6,9,11H2,1-2H3. The quantitative estimate of drug-likeness (QED) is 0.713. The fourth-order valence-electron chi connectivity index (χ4n) is 2.64.